The molecule has 2 aromatic rings. The highest BCUT2D eigenvalue weighted by Crippen LogP contribution is 2.21. The Labute approximate surface area is 153 Å². The van der Waals surface area contributed by atoms with Gasteiger partial charge in [-0.2, -0.15) is 0 Å². The van der Waals surface area contributed by atoms with Gasteiger partial charge in [0, 0.05) is 26.1 Å². The largest absolute Gasteiger partial charge is 0.489 e. The van der Waals surface area contributed by atoms with Gasteiger partial charge in [-0.05, 0) is 18.2 Å². The number of para-hydroxylation sites is 1. The summed E-state index contributed by atoms with van der Waals surface area (Å²) in [6.07, 6.45) is 2.46. The van der Waals surface area contributed by atoms with Crippen molar-refractivity contribution in [1.82, 2.24) is 9.80 Å². The highest BCUT2D eigenvalue weighted by Gasteiger charge is 2.29. The maximum atomic E-state index is 12.7. The predicted molar refractivity (Wildman–Crippen MR) is 96.2 cm³/mol. The van der Waals surface area contributed by atoms with Crippen LogP contribution in [0.2, 0.25) is 0 Å². The molecule has 2 aliphatic heterocycles. The van der Waals surface area contributed by atoms with Crippen LogP contribution < -0.4 is 4.74 Å². The molecule has 0 saturated carbocycles. The summed E-state index contributed by atoms with van der Waals surface area (Å²) in [5, 5.41) is 0. The van der Waals surface area contributed by atoms with E-state index < -0.39 is 0 Å². The first-order chi connectivity index (χ1) is 12.8. The molecule has 2 saturated heterocycles. The van der Waals surface area contributed by atoms with Crippen molar-refractivity contribution < 1.29 is 18.7 Å². The van der Waals surface area contributed by atoms with E-state index in [0.717, 1.165) is 50.8 Å². The lowest BCUT2D eigenvalue weighted by atomic mass is 10.2. The minimum absolute atomic E-state index is 0.0149. The highest BCUT2D eigenvalue weighted by atomic mass is 16.5. The van der Waals surface area contributed by atoms with Crippen LogP contribution in [0, 0.1) is 0 Å². The minimum Gasteiger partial charge on any atom is -0.489 e. The maximum absolute atomic E-state index is 12.7. The summed E-state index contributed by atoms with van der Waals surface area (Å²) in [7, 11) is 0. The SMILES string of the molecule is O=C(c1coc(CN2CCOCC2)c1)N1CCC(Oc2ccccc2)C1. The lowest BCUT2D eigenvalue weighted by Crippen LogP contribution is -2.35. The zero-order chi connectivity index (χ0) is 17.8. The van der Waals surface area contributed by atoms with Gasteiger partial charge in [0.1, 0.15) is 23.9 Å². The molecule has 1 atom stereocenters. The normalized spacial score (nSPS) is 21.1. The Kier molecular flexibility index (Phi) is 5.22. The van der Waals surface area contributed by atoms with Gasteiger partial charge in [0.15, 0.2) is 0 Å². The zero-order valence-electron chi connectivity index (χ0n) is 14.8. The van der Waals surface area contributed by atoms with Gasteiger partial charge in [-0.1, -0.05) is 18.2 Å². The molecular weight excluding hydrogens is 332 g/mol. The summed E-state index contributed by atoms with van der Waals surface area (Å²) >= 11 is 0. The number of nitrogens with zero attached hydrogens (tertiary/aromatic N) is 2. The molecule has 1 amide bonds. The van der Waals surface area contributed by atoms with E-state index in [0.29, 0.717) is 18.7 Å². The van der Waals surface area contributed by atoms with Crippen molar-refractivity contribution in [2.45, 2.75) is 19.1 Å². The molecule has 0 bridgehead atoms. The fourth-order valence-corrected chi connectivity index (χ4v) is 3.44. The van der Waals surface area contributed by atoms with E-state index >= 15 is 0 Å². The van der Waals surface area contributed by atoms with Crippen LogP contribution in [0.3, 0.4) is 0 Å². The van der Waals surface area contributed by atoms with E-state index in [4.69, 9.17) is 13.9 Å². The molecule has 1 aromatic carbocycles. The van der Waals surface area contributed by atoms with Crippen LogP contribution in [0.15, 0.2) is 47.1 Å². The quantitative estimate of drug-likeness (QED) is 0.823. The number of rotatable bonds is 5. The van der Waals surface area contributed by atoms with E-state index in [1.165, 1.54) is 0 Å². The van der Waals surface area contributed by atoms with Crippen LogP contribution in [-0.4, -0.2) is 61.2 Å². The van der Waals surface area contributed by atoms with Crippen LogP contribution in [0.25, 0.3) is 0 Å². The fraction of sp³-hybridized carbons (Fsp3) is 0.450. The number of likely N-dealkylation sites (tertiary alicyclic amines) is 1. The van der Waals surface area contributed by atoms with Crippen LogP contribution in [-0.2, 0) is 11.3 Å². The Morgan fingerprint density at radius 1 is 1.15 bits per heavy atom. The van der Waals surface area contributed by atoms with E-state index in [-0.39, 0.29) is 12.0 Å². The lowest BCUT2D eigenvalue weighted by molar-refractivity contribution is 0.0313. The van der Waals surface area contributed by atoms with Gasteiger partial charge in [-0.25, -0.2) is 0 Å². The summed E-state index contributed by atoms with van der Waals surface area (Å²) < 4.78 is 16.9. The monoisotopic (exact) mass is 356 g/mol. The molecule has 0 spiro atoms. The summed E-state index contributed by atoms with van der Waals surface area (Å²) in [6, 6.07) is 11.6. The second-order valence-electron chi connectivity index (χ2n) is 6.78. The maximum Gasteiger partial charge on any atom is 0.257 e. The van der Waals surface area contributed by atoms with Crippen molar-refractivity contribution >= 4 is 5.91 Å². The molecule has 4 rings (SSSR count). The molecular formula is C20H24N2O4. The van der Waals surface area contributed by atoms with E-state index in [9.17, 15) is 4.79 Å². The van der Waals surface area contributed by atoms with Crippen LogP contribution in [0.5, 0.6) is 5.75 Å². The Bertz CT molecular complexity index is 724. The first-order valence-corrected chi connectivity index (χ1v) is 9.16. The topological polar surface area (TPSA) is 55.2 Å². The summed E-state index contributed by atoms with van der Waals surface area (Å²) in [5.74, 6) is 1.69. The smallest absolute Gasteiger partial charge is 0.257 e. The Hall–Kier alpha value is -2.31. The van der Waals surface area contributed by atoms with Gasteiger partial charge in [0.25, 0.3) is 5.91 Å². The molecule has 0 aliphatic carbocycles. The second kappa shape index (κ2) is 7.93. The average molecular weight is 356 g/mol. The van der Waals surface area contributed by atoms with Gasteiger partial charge >= 0.3 is 0 Å². The third-order valence-corrected chi connectivity index (χ3v) is 4.86. The van der Waals surface area contributed by atoms with Crippen molar-refractivity contribution in [3.8, 4) is 5.75 Å². The number of furan rings is 1. The molecule has 0 N–H and O–H groups in total. The van der Waals surface area contributed by atoms with Crippen molar-refractivity contribution in [2.75, 3.05) is 39.4 Å². The number of hydrogen-bond donors (Lipinski definition) is 0. The summed E-state index contributed by atoms with van der Waals surface area (Å²) in [5.41, 5.74) is 0.619. The molecule has 6 nitrogen and oxygen atoms in total. The zero-order valence-corrected chi connectivity index (χ0v) is 14.8. The molecule has 2 fully saturated rings. The molecule has 26 heavy (non-hydrogen) atoms. The van der Waals surface area contributed by atoms with E-state index in [2.05, 4.69) is 4.90 Å². The van der Waals surface area contributed by atoms with Crippen molar-refractivity contribution in [1.29, 1.82) is 0 Å². The van der Waals surface area contributed by atoms with Gasteiger partial charge < -0.3 is 18.8 Å². The third-order valence-electron chi connectivity index (χ3n) is 4.86. The van der Waals surface area contributed by atoms with Crippen molar-refractivity contribution in [2.24, 2.45) is 0 Å². The highest BCUT2D eigenvalue weighted by molar-refractivity contribution is 5.94. The van der Waals surface area contributed by atoms with Gasteiger partial charge in [-0.3, -0.25) is 9.69 Å². The molecule has 1 aromatic heterocycles. The van der Waals surface area contributed by atoms with Gasteiger partial charge in [-0.15, -0.1) is 0 Å². The number of ether oxygens (including phenoxy) is 2. The minimum atomic E-state index is 0.0149. The standard InChI is InChI=1S/C20H24N2O4/c23-20(16-12-19(25-15-16)13-21-8-10-24-11-9-21)22-7-6-18(14-22)26-17-4-2-1-3-5-17/h1-5,12,15,18H,6-11,13-14H2. The molecule has 0 radical (unpaired) electrons. The summed E-state index contributed by atoms with van der Waals surface area (Å²) in [6.45, 7) is 5.34. The number of benzene rings is 1. The predicted octanol–water partition coefficient (Wildman–Crippen LogP) is 2.41. The van der Waals surface area contributed by atoms with E-state index in [1.807, 2.05) is 41.3 Å². The van der Waals surface area contributed by atoms with Crippen LogP contribution >= 0.6 is 0 Å². The second-order valence-corrected chi connectivity index (χ2v) is 6.78. The molecule has 3 heterocycles. The van der Waals surface area contributed by atoms with Crippen molar-refractivity contribution in [3.63, 3.8) is 0 Å². The number of hydrogen-bond acceptors (Lipinski definition) is 5. The number of carbonyl (C=O) groups excluding carboxylic acids is 1. The lowest BCUT2D eigenvalue weighted by Gasteiger charge is -2.25. The van der Waals surface area contributed by atoms with E-state index in [1.54, 1.807) is 6.26 Å². The number of carbonyl (C=O) groups is 1. The van der Waals surface area contributed by atoms with Gasteiger partial charge in [0.2, 0.25) is 0 Å². The first-order valence-electron chi connectivity index (χ1n) is 9.16. The fourth-order valence-electron chi connectivity index (χ4n) is 3.44. The number of amides is 1. The van der Waals surface area contributed by atoms with Crippen LogP contribution in [0.4, 0.5) is 0 Å². The molecule has 1 unspecified atom stereocenters. The Morgan fingerprint density at radius 3 is 2.77 bits per heavy atom. The third kappa shape index (κ3) is 4.08. The Balaban J connectivity index is 1.32. The summed E-state index contributed by atoms with van der Waals surface area (Å²) in [4.78, 5) is 16.8. The first kappa shape index (κ1) is 17.1. The molecule has 6 heteroatoms. The Morgan fingerprint density at radius 2 is 1.96 bits per heavy atom. The molecule has 2 aliphatic rings. The average Bonchev–Trinajstić information content (AvgIpc) is 3.33. The number of morpholine rings is 1. The van der Waals surface area contributed by atoms with Gasteiger partial charge in [0.05, 0.1) is 31.9 Å². The van der Waals surface area contributed by atoms with Crippen molar-refractivity contribution in [3.05, 3.63) is 54.0 Å². The van der Waals surface area contributed by atoms with Crippen LogP contribution in [0.1, 0.15) is 22.5 Å². The molecule has 138 valence electrons.